The van der Waals surface area contributed by atoms with Gasteiger partial charge in [0.1, 0.15) is 5.52 Å². The van der Waals surface area contributed by atoms with Gasteiger partial charge >= 0.3 is 11.2 Å². The zero-order valence-corrected chi connectivity index (χ0v) is 18.6. The average molecular weight is 417 g/mol. The third kappa shape index (κ3) is 4.10. The molecule has 6 heteroatoms. The van der Waals surface area contributed by atoms with Crippen molar-refractivity contribution in [2.75, 3.05) is 0 Å². The van der Waals surface area contributed by atoms with Crippen LogP contribution in [0.2, 0.25) is 0 Å². The highest BCUT2D eigenvalue weighted by atomic mass is 16.2. The van der Waals surface area contributed by atoms with E-state index in [2.05, 4.69) is 60.1 Å². The van der Waals surface area contributed by atoms with Crippen molar-refractivity contribution < 1.29 is 0 Å². The number of aryl methyl sites for hydroxylation is 1. The summed E-state index contributed by atoms with van der Waals surface area (Å²) in [5, 5.41) is 5.04. The Kier molecular flexibility index (Phi) is 5.17. The molecular weight excluding hydrogens is 388 g/mol. The van der Waals surface area contributed by atoms with Crippen molar-refractivity contribution >= 4 is 28.2 Å². The van der Waals surface area contributed by atoms with Crippen LogP contribution in [0.15, 0.2) is 57.2 Å². The van der Waals surface area contributed by atoms with Crippen LogP contribution >= 0.6 is 0 Å². The van der Waals surface area contributed by atoms with Crippen molar-refractivity contribution in [3.05, 3.63) is 80.0 Å². The molecule has 160 valence electrons. The minimum absolute atomic E-state index is 0.0628. The van der Waals surface area contributed by atoms with E-state index in [9.17, 15) is 9.59 Å². The van der Waals surface area contributed by atoms with Gasteiger partial charge in [0.25, 0.3) is 0 Å². The first kappa shape index (κ1) is 20.8. The number of benzene rings is 2. The minimum Gasteiger partial charge on any atom is -0.349 e. The molecule has 4 aromatic rings. The lowest BCUT2D eigenvalue weighted by atomic mass is 9.86. The molecule has 0 fully saturated rings. The number of fused-ring (bicyclic) bond motifs is 3. The SMILES string of the molecule is Cc1ccc2[nH]c3c(=O)n(/N=C\[C@H](C)Cc4ccc(C(C)(C)C)cc4)c(=O)[nH]c3c2c1. The lowest BCUT2D eigenvalue weighted by molar-refractivity contribution is 0.589. The van der Waals surface area contributed by atoms with Crippen LogP contribution in [-0.4, -0.2) is 20.9 Å². The van der Waals surface area contributed by atoms with Crippen LogP contribution in [0.25, 0.3) is 21.9 Å². The van der Waals surface area contributed by atoms with Gasteiger partial charge in [0, 0.05) is 17.1 Å². The molecule has 0 aliphatic rings. The molecule has 0 aliphatic heterocycles. The Morgan fingerprint density at radius 1 is 1.03 bits per heavy atom. The molecule has 0 radical (unpaired) electrons. The van der Waals surface area contributed by atoms with Gasteiger partial charge < -0.3 is 9.97 Å². The van der Waals surface area contributed by atoms with Crippen LogP contribution in [0.4, 0.5) is 0 Å². The number of rotatable bonds is 4. The Bertz CT molecular complexity index is 1400. The fourth-order valence-electron chi connectivity index (χ4n) is 3.80. The summed E-state index contributed by atoms with van der Waals surface area (Å²) in [6.45, 7) is 10.6. The second kappa shape index (κ2) is 7.69. The predicted molar refractivity (Wildman–Crippen MR) is 127 cm³/mol. The summed E-state index contributed by atoms with van der Waals surface area (Å²) in [4.78, 5) is 31.4. The topological polar surface area (TPSA) is 83.0 Å². The number of nitrogens with zero attached hydrogens (tertiary/aromatic N) is 2. The van der Waals surface area contributed by atoms with Gasteiger partial charge in [-0.1, -0.05) is 63.6 Å². The molecule has 2 N–H and O–H groups in total. The highest BCUT2D eigenvalue weighted by Gasteiger charge is 2.14. The molecule has 0 saturated heterocycles. The van der Waals surface area contributed by atoms with E-state index in [0.29, 0.717) is 11.0 Å². The molecule has 1 atom stereocenters. The van der Waals surface area contributed by atoms with Gasteiger partial charge in [-0.05, 0) is 47.9 Å². The number of aromatic nitrogens is 3. The average Bonchev–Trinajstić information content (AvgIpc) is 3.05. The summed E-state index contributed by atoms with van der Waals surface area (Å²) >= 11 is 0. The molecule has 0 unspecified atom stereocenters. The molecule has 31 heavy (non-hydrogen) atoms. The van der Waals surface area contributed by atoms with E-state index in [1.807, 2.05) is 32.0 Å². The van der Waals surface area contributed by atoms with E-state index in [1.54, 1.807) is 6.21 Å². The third-order valence-corrected chi connectivity index (χ3v) is 5.60. The Balaban J connectivity index is 1.61. The maximum atomic E-state index is 12.9. The molecule has 4 rings (SSSR count). The zero-order valence-electron chi connectivity index (χ0n) is 18.6. The summed E-state index contributed by atoms with van der Waals surface area (Å²) in [6, 6.07) is 14.4. The molecule has 2 aromatic carbocycles. The molecule has 6 nitrogen and oxygen atoms in total. The number of aromatic amines is 2. The number of nitrogens with one attached hydrogen (secondary N) is 2. The van der Waals surface area contributed by atoms with E-state index >= 15 is 0 Å². The summed E-state index contributed by atoms with van der Waals surface area (Å²) in [5.41, 5.74) is 4.33. The summed E-state index contributed by atoms with van der Waals surface area (Å²) in [7, 11) is 0. The molecule has 0 bridgehead atoms. The van der Waals surface area contributed by atoms with Crippen LogP contribution in [-0.2, 0) is 11.8 Å². The van der Waals surface area contributed by atoms with Crippen molar-refractivity contribution in [1.82, 2.24) is 14.6 Å². The van der Waals surface area contributed by atoms with Crippen LogP contribution in [0.1, 0.15) is 44.4 Å². The maximum Gasteiger partial charge on any atom is 0.350 e. The predicted octanol–water partition coefficient (Wildman–Crippen LogP) is 4.49. The molecule has 0 aliphatic carbocycles. The van der Waals surface area contributed by atoms with E-state index in [1.165, 1.54) is 11.1 Å². The highest BCUT2D eigenvalue weighted by molar-refractivity contribution is 6.04. The largest absolute Gasteiger partial charge is 0.350 e. The van der Waals surface area contributed by atoms with E-state index in [4.69, 9.17) is 0 Å². The molecule has 2 heterocycles. The Hall–Kier alpha value is -3.41. The van der Waals surface area contributed by atoms with Crippen molar-refractivity contribution in [2.45, 2.75) is 46.5 Å². The van der Waals surface area contributed by atoms with Gasteiger partial charge in [0.15, 0.2) is 0 Å². The lowest BCUT2D eigenvalue weighted by Crippen LogP contribution is -2.32. The minimum atomic E-state index is -0.544. The Morgan fingerprint density at radius 3 is 2.42 bits per heavy atom. The summed E-state index contributed by atoms with van der Waals surface area (Å²) in [5.74, 6) is 0.0628. The molecular formula is C25H28N4O2. The van der Waals surface area contributed by atoms with Crippen LogP contribution in [0, 0.1) is 12.8 Å². The van der Waals surface area contributed by atoms with Crippen molar-refractivity contribution in [1.29, 1.82) is 0 Å². The molecule has 0 saturated carbocycles. The normalized spacial score (nSPS) is 13.5. The lowest BCUT2D eigenvalue weighted by Gasteiger charge is -2.19. The van der Waals surface area contributed by atoms with Gasteiger partial charge in [0.2, 0.25) is 0 Å². The zero-order chi connectivity index (χ0) is 22.3. The van der Waals surface area contributed by atoms with Gasteiger partial charge in [-0.15, -0.1) is 4.68 Å². The van der Waals surface area contributed by atoms with Gasteiger partial charge in [-0.25, -0.2) is 4.79 Å². The fraction of sp³-hybridized carbons (Fsp3) is 0.320. The molecule has 0 amide bonds. The van der Waals surface area contributed by atoms with Crippen LogP contribution in [0.3, 0.4) is 0 Å². The highest BCUT2D eigenvalue weighted by Crippen LogP contribution is 2.23. The first-order chi connectivity index (χ1) is 14.6. The van der Waals surface area contributed by atoms with Crippen molar-refractivity contribution in [2.24, 2.45) is 11.0 Å². The fourth-order valence-corrected chi connectivity index (χ4v) is 3.80. The first-order valence-electron chi connectivity index (χ1n) is 10.5. The van der Waals surface area contributed by atoms with E-state index < -0.39 is 11.2 Å². The van der Waals surface area contributed by atoms with E-state index in [-0.39, 0.29) is 11.3 Å². The maximum absolute atomic E-state index is 12.9. The number of hydrogen-bond acceptors (Lipinski definition) is 3. The number of hydrogen-bond donors (Lipinski definition) is 2. The monoisotopic (exact) mass is 416 g/mol. The quantitative estimate of drug-likeness (QED) is 0.481. The van der Waals surface area contributed by atoms with Gasteiger partial charge in [0.05, 0.1) is 5.52 Å². The van der Waals surface area contributed by atoms with Crippen LogP contribution < -0.4 is 11.2 Å². The van der Waals surface area contributed by atoms with Crippen molar-refractivity contribution in [3.63, 3.8) is 0 Å². The summed E-state index contributed by atoms with van der Waals surface area (Å²) < 4.78 is 0.893. The van der Waals surface area contributed by atoms with Crippen molar-refractivity contribution in [3.8, 4) is 0 Å². The number of H-pyrrole nitrogens is 2. The smallest absolute Gasteiger partial charge is 0.349 e. The first-order valence-corrected chi connectivity index (χ1v) is 10.5. The molecule has 2 aromatic heterocycles. The standard InChI is InChI=1S/C25H28N4O2/c1-15-6-11-20-19(13-15)21-22(27-20)23(30)29(24(31)28-21)26-14-16(2)12-17-7-9-18(10-8-17)25(3,4)5/h6-11,13-14,16,27H,12H2,1-5H3,(H,28,31)/b26-14-/t16-/m1/s1. The van der Waals surface area contributed by atoms with Gasteiger partial charge in [-0.2, -0.15) is 5.10 Å². The third-order valence-electron chi connectivity index (χ3n) is 5.60. The second-order valence-corrected chi connectivity index (χ2v) is 9.36. The Labute approximate surface area is 180 Å². The van der Waals surface area contributed by atoms with Crippen LogP contribution in [0.5, 0.6) is 0 Å². The molecule has 0 spiro atoms. The Morgan fingerprint density at radius 2 is 1.74 bits per heavy atom. The summed E-state index contributed by atoms with van der Waals surface area (Å²) in [6.07, 6.45) is 2.43. The van der Waals surface area contributed by atoms with Gasteiger partial charge in [-0.3, -0.25) is 4.79 Å². The van der Waals surface area contributed by atoms with E-state index in [0.717, 1.165) is 27.6 Å². The second-order valence-electron chi connectivity index (χ2n) is 9.36.